The molecule has 0 aromatic carbocycles. The first-order valence-corrected chi connectivity index (χ1v) is 5.23. The first-order chi connectivity index (χ1) is 8.04. The second-order valence-electron chi connectivity index (χ2n) is 3.70. The maximum Gasteiger partial charge on any atom is 0.272 e. The number of amides is 3. The Morgan fingerprint density at radius 3 is 2.65 bits per heavy atom. The summed E-state index contributed by atoms with van der Waals surface area (Å²) in [6.45, 7) is -1.13. The lowest BCUT2D eigenvalue weighted by Crippen LogP contribution is -2.54. The van der Waals surface area contributed by atoms with Crippen molar-refractivity contribution >= 4 is 17.7 Å². The number of hydrogen-bond donors (Lipinski definition) is 3. The van der Waals surface area contributed by atoms with Gasteiger partial charge in [-0.15, -0.1) is 0 Å². The van der Waals surface area contributed by atoms with Gasteiger partial charge >= 0.3 is 0 Å². The van der Waals surface area contributed by atoms with Crippen LogP contribution in [0.5, 0.6) is 0 Å². The highest BCUT2D eigenvalue weighted by atomic mass is 19.1. The highest BCUT2D eigenvalue weighted by Gasteiger charge is 2.25. The fraction of sp³-hybridized carbons (Fsp3) is 0.667. The zero-order chi connectivity index (χ0) is 12.8. The van der Waals surface area contributed by atoms with E-state index in [1.807, 2.05) is 0 Å². The number of carbonyl (C=O) groups excluding carboxylic acids is 3. The lowest BCUT2D eigenvalue weighted by Gasteiger charge is -2.22. The predicted molar refractivity (Wildman–Crippen MR) is 56.0 cm³/mol. The Labute approximate surface area is 97.5 Å². The van der Waals surface area contributed by atoms with Crippen molar-refractivity contribution in [1.29, 1.82) is 0 Å². The minimum Gasteiger partial charge on any atom is -0.368 e. The molecule has 0 aromatic rings. The summed E-state index contributed by atoms with van der Waals surface area (Å²) >= 11 is 0. The van der Waals surface area contributed by atoms with Crippen LogP contribution in [0.4, 0.5) is 4.39 Å². The van der Waals surface area contributed by atoms with Crippen LogP contribution < -0.4 is 16.5 Å². The summed E-state index contributed by atoms with van der Waals surface area (Å²) < 4.78 is 12.2. The fourth-order valence-electron chi connectivity index (χ4n) is 1.54. The van der Waals surface area contributed by atoms with E-state index in [2.05, 4.69) is 10.7 Å². The summed E-state index contributed by atoms with van der Waals surface area (Å²) in [7, 11) is 0. The van der Waals surface area contributed by atoms with Gasteiger partial charge in [-0.05, 0) is 19.4 Å². The summed E-state index contributed by atoms with van der Waals surface area (Å²) in [4.78, 5) is 33.4. The van der Waals surface area contributed by atoms with Crippen LogP contribution in [0.15, 0.2) is 0 Å². The summed E-state index contributed by atoms with van der Waals surface area (Å²) in [5, 5.41) is 3.51. The van der Waals surface area contributed by atoms with E-state index in [-0.39, 0.29) is 0 Å². The van der Waals surface area contributed by atoms with Crippen molar-refractivity contribution in [3.05, 3.63) is 0 Å². The van der Waals surface area contributed by atoms with Crippen LogP contribution in [0.1, 0.15) is 12.8 Å². The lowest BCUT2D eigenvalue weighted by atomic mass is 10.2. The lowest BCUT2D eigenvalue weighted by molar-refractivity contribution is -0.145. The molecule has 0 spiro atoms. The SMILES string of the molecule is NC(=O)CN(NC(=O)[C@@H]1CCCN1)C(=O)CF. The molecule has 1 heterocycles. The van der Waals surface area contributed by atoms with E-state index in [1.165, 1.54) is 0 Å². The molecular weight excluding hydrogens is 231 g/mol. The molecule has 7 nitrogen and oxygen atoms in total. The number of halogens is 1. The number of alkyl halides is 1. The minimum absolute atomic E-state index is 0.419. The summed E-state index contributed by atoms with van der Waals surface area (Å²) in [6, 6.07) is -0.419. The van der Waals surface area contributed by atoms with Gasteiger partial charge in [-0.25, -0.2) is 9.40 Å². The highest BCUT2D eigenvalue weighted by molar-refractivity contribution is 5.88. The number of nitrogens with one attached hydrogen (secondary N) is 2. The zero-order valence-electron chi connectivity index (χ0n) is 9.24. The van der Waals surface area contributed by atoms with Crippen LogP contribution in [-0.2, 0) is 14.4 Å². The molecule has 1 fully saturated rings. The Bertz CT molecular complexity index is 317. The van der Waals surface area contributed by atoms with Crippen LogP contribution in [0.25, 0.3) is 0 Å². The molecule has 1 atom stereocenters. The number of nitrogens with zero attached hydrogens (tertiary/aromatic N) is 1. The van der Waals surface area contributed by atoms with Crippen molar-refractivity contribution in [2.75, 3.05) is 19.8 Å². The van der Waals surface area contributed by atoms with Crippen LogP contribution in [0.2, 0.25) is 0 Å². The summed E-state index contributed by atoms with van der Waals surface area (Å²) in [5.41, 5.74) is 7.08. The van der Waals surface area contributed by atoms with Gasteiger partial charge in [-0.1, -0.05) is 0 Å². The van der Waals surface area contributed by atoms with Crippen LogP contribution in [-0.4, -0.2) is 48.5 Å². The van der Waals surface area contributed by atoms with E-state index in [0.29, 0.717) is 18.0 Å². The normalized spacial score (nSPS) is 18.8. The topological polar surface area (TPSA) is 105 Å². The second-order valence-corrected chi connectivity index (χ2v) is 3.70. The largest absolute Gasteiger partial charge is 0.368 e. The molecule has 1 aliphatic heterocycles. The maximum absolute atomic E-state index is 12.2. The molecule has 0 bridgehead atoms. The summed E-state index contributed by atoms with van der Waals surface area (Å²) in [6.07, 6.45) is 1.49. The van der Waals surface area contributed by atoms with E-state index >= 15 is 0 Å². The molecule has 0 saturated carbocycles. The molecule has 0 unspecified atom stereocenters. The Balaban J connectivity index is 2.55. The van der Waals surface area contributed by atoms with Gasteiger partial charge in [0.2, 0.25) is 5.91 Å². The average Bonchev–Trinajstić information content (AvgIpc) is 2.79. The van der Waals surface area contributed by atoms with Crippen molar-refractivity contribution in [2.24, 2.45) is 5.73 Å². The Morgan fingerprint density at radius 2 is 2.18 bits per heavy atom. The van der Waals surface area contributed by atoms with Crippen LogP contribution >= 0.6 is 0 Å². The Kier molecular flexibility index (Phi) is 4.83. The molecular formula is C9H15FN4O3. The van der Waals surface area contributed by atoms with Gasteiger partial charge in [0.15, 0.2) is 6.67 Å². The molecule has 96 valence electrons. The molecule has 3 amide bonds. The number of carbonyl (C=O) groups is 3. The van der Waals surface area contributed by atoms with Gasteiger partial charge in [-0.3, -0.25) is 19.8 Å². The number of hydrazine groups is 1. The van der Waals surface area contributed by atoms with Gasteiger partial charge in [0.05, 0.1) is 6.04 Å². The number of rotatable bonds is 4. The first kappa shape index (κ1) is 13.4. The quantitative estimate of drug-likeness (QED) is 0.501. The standard InChI is InChI=1S/C9H15FN4O3/c10-4-8(16)14(5-7(11)15)13-9(17)6-2-1-3-12-6/h6,12H,1-5H2,(H2,11,15)(H,13,17)/t6-/m0/s1. The van der Waals surface area contributed by atoms with Crippen molar-refractivity contribution in [2.45, 2.75) is 18.9 Å². The molecule has 0 radical (unpaired) electrons. The Hall–Kier alpha value is -1.70. The number of hydrogen-bond acceptors (Lipinski definition) is 4. The molecule has 1 aliphatic rings. The molecule has 4 N–H and O–H groups in total. The third-order valence-electron chi connectivity index (χ3n) is 2.35. The molecule has 8 heteroatoms. The molecule has 0 aliphatic carbocycles. The van der Waals surface area contributed by atoms with E-state index < -0.39 is 37.0 Å². The van der Waals surface area contributed by atoms with Crippen LogP contribution in [0, 0.1) is 0 Å². The number of nitrogens with two attached hydrogens (primary N) is 1. The average molecular weight is 246 g/mol. The minimum atomic E-state index is -1.30. The third kappa shape index (κ3) is 3.99. The van der Waals surface area contributed by atoms with Crippen molar-refractivity contribution in [1.82, 2.24) is 15.8 Å². The summed E-state index contributed by atoms with van der Waals surface area (Å²) in [5.74, 6) is -2.30. The van der Waals surface area contributed by atoms with Crippen molar-refractivity contribution < 1.29 is 18.8 Å². The maximum atomic E-state index is 12.2. The monoisotopic (exact) mass is 246 g/mol. The fourth-order valence-corrected chi connectivity index (χ4v) is 1.54. The zero-order valence-corrected chi connectivity index (χ0v) is 9.24. The second kappa shape index (κ2) is 6.14. The van der Waals surface area contributed by atoms with Gasteiger partial charge < -0.3 is 11.1 Å². The van der Waals surface area contributed by atoms with Gasteiger partial charge in [-0.2, -0.15) is 0 Å². The van der Waals surface area contributed by atoms with E-state index in [0.717, 1.165) is 6.42 Å². The smallest absolute Gasteiger partial charge is 0.272 e. The predicted octanol–water partition coefficient (Wildman–Crippen LogP) is -1.95. The van der Waals surface area contributed by atoms with Gasteiger partial charge in [0.1, 0.15) is 6.54 Å². The van der Waals surface area contributed by atoms with E-state index in [1.54, 1.807) is 0 Å². The van der Waals surface area contributed by atoms with Gasteiger partial charge in [0, 0.05) is 0 Å². The van der Waals surface area contributed by atoms with E-state index in [4.69, 9.17) is 5.73 Å². The third-order valence-corrected chi connectivity index (χ3v) is 2.35. The van der Waals surface area contributed by atoms with Crippen molar-refractivity contribution in [3.63, 3.8) is 0 Å². The molecule has 1 rings (SSSR count). The van der Waals surface area contributed by atoms with Crippen LogP contribution in [0.3, 0.4) is 0 Å². The Morgan fingerprint density at radius 1 is 1.47 bits per heavy atom. The van der Waals surface area contributed by atoms with Crippen molar-refractivity contribution in [3.8, 4) is 0 Å². The molecule has 1 saturated heterocycles. The molecule has 17 heavy (non-hydrogen) atoms. The highest BCUT2D eigenvalue weighted by Crippen LogP contribution is 2.04. The van der Waals surface area contributed by atoms with Gasteiger partial charge in [0.25, 0.3) is 11.8 Å². The van der Waals surface area contributed by atoms with E-state index in [9.17, 15) is 18.8 Å². The number of primary amides is 1. The first-order valence-electron chi connectivity index (χ1n) is 5.23. The molecule has 0 aromatic heterocycles.